The lowest BCUT2D eigenvalue weighted by atomic mass is 9.97. The van der Waals surface area contributed by atoms with Crippen LogP contribution in [-0.2, 0) is 4.79 Å². The highest BCUT2D eigenvalue weighted by Crippen LogP contribution is 2.22. The summed E-state index contributed by atoms with van der Waals surface area (Å²) in [6.45, 7) is 7.14. The van der Waals surface area contributed by atoms with E-state index in [1.807, 2.05) is 6.07 Å². The summed E-state index contributed by atoms with van der Waals surface area (Å²) in [6.07, 6.45) is 1.57. The Morgan fingerprint density at radius 2 is 1.52 bits per heavy atom. The van der Waals surface area contributed by atoms with E-state index < -0.39 is 0 Å². The van der Waals surface area contributed by atoms with Gasteiger partial charge >= 0.3 is 0 Å². The van der Waals surface area contributed by atoms with Gasteiger partial charge < -0.3 is 5.32 Å². The Kier molecular flexibility index (Phi) is 6.40. The SMILES string of the molecule is CC(C)CCC(=O)NCC(C)c1ccc(-c2ccccc2)cc1. The average molecular weight is 309 g/mol. The smallest absolute Gasteiger partial charge is 0.220 e. The van der Waals surface area contributed by atoms with Crippen LogP contribution in [0, 0.1) is 5.92 Å². The van der Waals surface area contributed by atoms with Crippen LogP contribution in [0.25, 0.3) is 11.1 Å². The number of nitrogens with one attached hydrogen (secondary N) is 1. The summed E-state index contributed by atoms with van der Waals surface area (Å²) in [7, 11) is 0. The second-order valence-corrected chi connectivity index (χ2v) is 6.63. The molecule has 0 spiro atoms. The Balaban J connectivity index is 1.88. The summed E-state index contributed by atoms with van der Waals surface area (Å²) in [5, 5.41) is 3.04. The first-order valence-electron chi connectivity index (χ1n) is 8.48. The van der Waals surface area contributed by atoms with Gasteiger partial charge in [-0.3, -0.25) is 4.79 Å². The van der Waals surface area contributed by atoms with Gasteiger partial charge in [0, 0.05) is 13.0 Å². The summed E-state index contributed by atoms with van der Waals surface area (Å²) in [6, 6.07) is 19.0. The molecule has 2 heteroatoms. The number of carbonyl (C=O) groups is 1. The normalized spacial score (nSPS) is 12.2. The third kappa shape index (κ3) is 5.55. The average Bonchev–Trinajstić information content (AvgIpc) is 2.58. The minimum Gasteiger partial charge on any atom is -0.356 e. The molecule has 0 aromatic heterocycles. The zero-order chi connectivity index (χ0) is 16.7. The largest absolute Gasteiger partial charge is 0.356 e. The molecule has 23 heavy (non-hydrogen) atoms. The lowest BCUT2D eigenvalue weighted by Gasteiger charge is -2.14. The molecule has 0 fully saturated rings. The lowest BCUT2D eigenvalue weighted by molar-refractivity contribution is -0.121. The number of benzene rings is 2. The minimum absolute atomic E-state index is 0.159. The van der Waals surface area contributed by atoms with Crippen molar-refractivity contribution in [1.29, 1.82) is 0 Å². The van der Waals surface area contributed by atoms with E-state index in [2.05, 4.69) is 74.6 Å². The van der Waals surface area contributed by atoms with E-state index in [9.17, 15) is 4.79 Å². The molecule has 1 unspecified atom stereocenters. The second-order valence-electron chi connectivity index (χ2n) is 6.63. The number of rotatable bonds is 7. The number of hydrogen-bond acceptors (Lipinski definition) is 1. The molecule has 0 aliphatic rings. The van der Waals surface area contributed by atoms with Gasteiger partial charge in [-0.25, -0.2) is 0 Å². The molecule has 0 radical (unpaired) electrons. The summed E-state index contributed by atoms with van der Waals surface area (Å²) in [4.78, 5) is 11.8. The predicted molar refractivity (Wildman–Crippen MR) is 97.4 cm³/mol. The summed E-state index contributed by atoms with van der Waals surface area (Å²) in [5.74, 6) is 1.05. The predicted octanol–water partition coefficient (Wildman–Crippen LogP) is 5.01. The van der Waals surface area contributed by atoms with Crippen LogP contribution >= 0.6 is 0 Å². The van der Waals surface area contributed by atoms with Crippen LogP contribution in [0.15, 0.2) is 54.6 Å². The minimum atomic E-state index is 0.159. The Hall–Kier alpha value is -2.09. The fourth-order valence-corrected chi connectivity index (χ4v) is 2.53. The van der Waals surface area contributed by atoms with Gasteiger partial charge in [-0.2, -0.15) is 0 Å². The Bertz CT molecular complexity index is 601. The maximum absolute atomic E-state index is 11.8. The molecule has 1 atom stereocenters. The molecule has 122 valence electrons. The molecule has 2 rings (SSSR count). The maximum atomic E-state index is 11.8. The second kappa shape index (κ2) is 8.52. The van der Waals surface area contributed by atoms with Crippen LogP contribution in [0.3, 0.4) is 0 Å². The van der Waals surface area contributed by atoms with Crippen LogP contribution in [0.4, 0.5) is 0 Å². The van der Waals surface area contributed by atoms with Crippen LogP contribution < -0.4 is 5.32 Å². The van der Waals surface area contributed by atoms with E-state index in [4.69, 9.17) is 0 Å². The zero-order valence-electron chi connectivity index (χ0n) is 14.4. The molecule has 1 amide bonds. The van der Waals surface area contributed by atoms with Crippen LogP contribution in [0.1, 0.15) is 45.1 Å². The molecule has 1 N–H and O–H groups in total. The highest BCUT2D eigenvalue weighted by molar-refractivity contribution is 5.75. The summed E-state index contributed by atoms with van der Waals surface area (Å²) < 4.78 is 0. The summed E-state index contributed by atoms with van der Waals surface area (Å²) >= 11 is 0. The van der Waals surface area contributed by atoms with Crippen molar-refractivity contribution in [3.8, 4) is 11.1 Å². The molecule has 0 aliphatic heterocycles. The summed E-state index contributed by atoms with van der Waals surface area (Å²) in [5.41, 5.74) is 3.71. The monoisotopic (exact) mass is 309 g/mol. The molecular formula is C21H27NO. The lowest BCUT2D eigenvalue weighted by Crippen LogP contribution is -2.27. The molecule has 0 bridgehead atoms. The third-order valence-corrected chi connectivity index (χ3v) is 4.14. The maximum Gasteiger partial charge on any atom is 0.220 e. The molecule has 2 aromatic carbocycles. The van der Waals surface area contributed by atoms with Crippen LogP contribution in [-0.4, -0.2) is 12.5 Å². The standard InChI is InChI=1S/C21H27NO/c1-16(2)9-14-21(23)22-15-17(3)18-10-12-20(13-11-18)19-7-5-4-6-8-19/h4-8,10-13,16-17H,9,14-15H2,1-3H3,(H,22,23). The van der Waals surface area contributed by atoms with Gasteiger partial charge in [0.05, 0.1) is 0 Å². The fourth-order valence-electron chi connectivity index (χ4n) is 2.53. The quantitative estimate of drug-likeness (QED) is 0.765. The van der Waals surface area contributed by atoms with Gasteiger partial charge in [0.15, 0.2) is 0 Å². The molecule has 0 saturated heterocycles. The zero-order valence-corrected chi connectivity index (χ0v) is 14.4. The number of hydrogen-bond donors (Lipinski definition) is 1. The van der Waals surface area contributed by atoms with Crippen molar-refractivity contribution < 1.29 is 4.79 Å². The van der Waals surface area contributed by atoms with Crippen molar-refractivity contribution in [1.82, 2.24) is 5.32 Å². The Labute approximate surface area is 139 Å². The molecule has 2 nitrogen and oxygen atoms in total. The fraction of sp³-hybridized carbons (Fsp3) is 0.381. The topological polar surface area (TPSA) is 29.1 Å². The highest BCUT2D eigenvalue weighted by Gasteiger charge is 2.09. The molecule has 0 aliphatic carbocycles. The van der Waals surface area contributed by atoms with Gasteiger partial charge in [0.25, 0.3) is 0 Å². The third-order valence-electron chi connectivity index (χ3n) is 4.14. The number of amides is 1. The van der Waals surface area contributed by atoms with E-state index in [1.54, 1.807) is 0 Å². The van der Waals surface area contributed by atoms with Gasteiger partial charge in [-0.05, 0) is 34.9 Å². The van der Waals surface area contributed by atoms with Crippen molar-refractivity contribution in [2.45, 2.75) is 39.5 Å². The van der Waals surface area contributed by atoms with E-state index in [1.165, 1.54) is 16.7 Å². The molecular weight excluding hydrogens is 282 g/mol. The van der Waals surface area contributed by atoms with Gasteiger partial charge in [0.1, 0.15) is 0 Å². The van der Waals surface area contributed by atoms with Crippen LogP contribution in [0.2, 0.25) is 0 Å². The number of carbonyl (C=O) groups excluding carboxylic acids is 1. The molecule has 2 aromatic rings. The molecule has 0 saturated carbocycles. The van der Waals surface area contributed by atoms with Gasteiger partial charge in [-0.15, -0.1) is 0 Å². The first kappa shape index (κ1) is 17.3. The van der Waals surface area contributed by atoms with Crippen LogP contribution in [0.5, 0.6) is 0 Å². The molecule has 0 heterocycles. The highest BCUT2D eigenvalue weighted by atomic mass is 16.1. The van der Waals surface area contributed by atoms with Crippen molar-refractivity contribution in [3.63, 3.8) is 0 Å². The first-order chi connectivity index (χ1) is 11.1. The van der Waals surface area contributed by atoms with E-state index >= 15 is 0 Å². The van der Waals surface area contributed by atoms with Crippen molar-refractivity contribution in [2.75, 3.05) is 6.54 Å². The Morgan fingerprint density at radius 3 is 2.13 bits per heavy atom. The Morgan fingerprint density at radius 1 is 0.913 bits per heavy atom. The van der Waals surface area contributed by atoms with E-state index in [0.29, 0.717) is 24.8 Å². The first-order valence-corrected chi connectivity index (χ1v) is 8.48. The van der Waals surface area contributed by atoms with Gasteiger partial charge in [0.2, 0.25) is 5.91 Å². The van der Waals surface area contributed by atoms with Crippen molar-refractivity contribution in [3.05, 3.63) is 60.2 Å². The van der Waals surface area contributed by atoms with Gasteiger partial charge in [-0.1, -0.05) is 75.4 Å². The van der Waals surface area contributed by atoms with E-state index in [0.717, 1.165) is 6.42 Å². The van der Waals surface area contributed by atoms with E-state index in [-0.39, 0.29) is 5.91 Å². The van der Waals surface area contributed by atoms with Crippen molar-refractivity contribution in [2.24, 2.45) is 5.92 Å². The van der Waals surface area contributed by atoms with Crippen molar-refractivity contribution >= 4 is 5.91 Å².